The Morgan fingerprint density at radius 2 is 1.47 bits per heavy atom. The van der Waals surface area contributed by atoms with Crippen LogP contribution in [0.3, 0.4) is 0 Å². The summed E-state index contributed by atoms with van der Waals surface area (Å²) in [6.07, 6.45) is 0. The summed E-state index contributed by atoms with van der Waals surface area (Å²) in [5.41, 5.74) is 2.29. The summed E-state index contributed by atoms with van der Waals surface area (Å²) in [7, 11) is 4.79. The highest BCUT2D eigenvalue weighted by Gasteiger charge is 2.18. The van der Waals surface area contributed by atoms with E-state index >= 15 is 0 Å². The average Bonchev–Trinajstić information content (AvgIpc) is 2.90. The van der Waals surface area contributed by atoms with E-state index in [1.165, 1.54) is 0 Å². The monoisotopic (exact) mass is 451 g/mol. The normalized spacial score (nSPS) is 10.2. The molecule has 0 spiro atoms. The number of para-hydroxylation sites is 1. The predicted octanol–water partition coefficient (Wildman–Crippen LogP) is 5.45. The summed E-state index contributed by atoms with van der Waals surface area (Å²) < 4.78 is 16.2. The molecule has 34 heavy (non-hydrogen) atoms. The van der Waals surface area contributed by atoms with Gasteiger partial charge in [-0.15, -0.1) is 0 Å². The summed E-state index contributed by atoms with van der Waals surface area (Å²) in [6, 6.07) is 26.8. The Morgan fingerprint density at radius 3 is 2.21 bits per heavy atom. The molecule has 0 saturated carbocycles. The molecular formula is C29H25NO4. The van der Waals surface area contributed by atoms with Crippen LogP contribution in [0.5, 0.6) is 17.2 Å². The number of anilines is 1. The van der Waals surface area contributed by atoms with Crippen molar-refractivity contribution >= 4 is 22.4 Å². The standard InChI is InChI=1S/C29H25NO4/c1-32-24-17-21(18-25(19-24)33-2)20-30(27-13-8-11-22-9-4-6-12-26(22)27)29(31)16-15-23-10-5-7-14-28(23)34-3/h4-14,17-19H,20H2,1-3H3. The highest BCUT2D eigenvalue weighted by atomic mass is 16.5. The number of amides is 1. The van der Waals surface area contributed by atoms with Gasteiger partial charge in [0.1, 0.15) is 17.2 Å². The molecule has 0 heterocycles. The average molecular weight is 452 g/mol. The third kappa shape index (κ3) is 4.97. The molecule has 0 unspecified atom stereocenters. The lowest BCUT2D eigenvalue weighted by Crippen LogP contribution is -2.29. The van der Waals surface area contributed by atoms with Gasteiger partial charge in [-0.05, 0) is 41.3 Å². The second kappa shape index (κ2) is 10.5. The topological polar surface area (TPSA) is 48.0 Å². The highest BCUT2D eigenvalue weighted by Crippen LogP contribution is 2.30. The molecular weight excluding hydrogens is 426 g/mol. The summed E-state index contributed by atoms with van der Waals surface area (Å²) in [4.78, 5) is 15.2. The molecule has 1 amide bonds. The number of carbonyl (C=O) groups excluding carboxylic acids is 1. The van der Waals surface area contributed by atoms with Crippen molar-refractivity contribution in [2.24, 2.45) is 0 Å². The lowest BCUT2D eigenvalue weighted by molar-refractivity contribution is -0.113. The number of ether oxygens (including phenoxy) is 3. The van der Waals surface area contributed by atoms with Crippen molar-refractivity contribution in [3.63, 3.8) is 0 Å². The fraction of sp³-hybridized carbons (Fsp3) is 0.138. The fourth-order valence-electron chi connectivity index (χ4n) is 3.79. The van der Waals surface area contributed by atoms with E-state index < -0.39 is 0 Å². The van der Waals surface area contributed by atoms with Gasteiger partial charge in [0.15, 0.2) is 0 Å². The van der Waals surface area contributed by atoms with Crippen LogP contribution in [0, 0.1) is 11.8 Å². The van der Waals surface area contributed by atoms with Gasteiger partial charge in [-0.3, -0.25) is 9.69 Å². The number of hydrogen-bond donors (Lipinski definition) is 0. The van der Waals surface area contributed by atoms with Gasteiger partial charge in [-0.1, -0.05) is 54.5 Å². The van der Waals surface area contributed by atoms with E-state index in [1.807, 2.05) is 78.9 Å². The first-order chi connectivity index (χ1) is 16.6. The molecule has 0 aromatic heterocycles. The minimum Gasteiger partial charge on any atom is -0.497 e. The molecule has 0 aliphatic rings. The van der Waals surface area contributed by atoms with Crippen LogP contribution >= 0.6 is 0 Å². The summed E-state index contributed by atoms with van der Waals surface area (Å²) >= 11 is 0. The Bertz CT molecular complexity index is 1360. The number of rotatable bonds is 6. The maximum atomic E-state index is 13.5. The first kappa shape index (κ1) is 22.8. The molecule has 0 aliphatic heterocycles. The van der Waals surface area contributed by atoms with Gasteiger partial charge < -0.3 is 14.2 Å². The van der Waals surface area contributed by atoms with Gasteiger partial charge in [-0.2, -0.15) is 0 Å². The lowest BCUT2D eigenvalue weighted by atomic mass is 10.1. The Balaban J connectivity index is 1.79. The number of hydrogen-bond acceptors (Lipinski definition) is 4. The molecule has 4 rings (SSSR count). The molecule has 0 fully saturated rings. The number of fused-ring (bicyclic) bond motifs is 1. The highest BCUT2D eigenvalue weighted by molar-refractivity contribution is 6.10. The number of carbonyl (C=O) groups is 1. The van der Waals surface area contributed by atoms with Crippen molar-refractivity contribution in [3.05, 3.63) is 96.1 Å². The van der Waals surface area contributed by atoms with Crippen molar-refractivity contribution in [1.29, 1.82) is 0 Å². The second-order valence-electron chi connectivity index (χ2n) is 7.56. The third-order valence-corrected chi connectivity index (χ3v) is 5.47. The molecule has 0 atom stereocenters. The van der Waals surface area contributed by atoms with Crippen molar-refractivity contribution < 1.29 is 19.0 Å². The van der Waals surface area contributed by atoms with Crippen LogP contribution < -0.4 is 19.1 Å². The smallest absolute Gasteiger partial charge is 0.303 e. The van der Waals surface area contributed by atoms with Crippen LogP contribution in [0.4, 0.5) is 5.69 Å². The molecule has 0 saturated heterocycles. The van der Waals surface area contributed by atoms with E-state index in [0.29, 0.717) is 29.4 Å². The van der Waals surface area contributed by atoms with E-state index in [9.17, 15) is 4.79 Å². The van der Waals surface area contributed by atoms with Crippen LogP contribution in [0.15, 0.2) is 84.9 Å². The zero-order valence-corrected chi connectivity index (χ0v) is 19.4. The summed E-state index contributed by atoms with van der Waals surface area (Å²) in [6.45, 7) is 0.293. The van der Waals surface area contributed by atoms with Crippen LogP contribution in [-0.2, 0) is 11.3 Å². The molecule has 0 N–H and O–H groups in total. The maximum Gasteiger partial charge on any atom is 0.303 e. The largest absolute Gasteiger partial charge is 0.497 e. The molecule has 5 nitrogen and oxygen atoms in total. The van der Waals surface area contributed by atoms with Gasteiger partial charge in [-0.25, -0.2) is 0 Å². The first-order valence-corrected chi connectivity index (χ1v) is 10.8. The summed E-state index contributed by atoms with van der Waals surface area (Å²) in [5, 5.41) is 2.01. The van der Waals surface area contributed by atoms with Crippen LogP contribution in [0.2, 0.25) is 0 Å². The van der Waals surface area contributed by atoms with Gasteiger partial charge in [0.25, 0.3) is 0 Å². The number of benzene rings is 4. The van der Waals surface area contributed by atoms with Gasteiger partial charge >= 0.3 is 5.91 Å². The van der Waals surface area contributed by atoms with Crippen LogP contribution in [-0.4, -0.2) is 27.2 Å². The second-order valence-corrected chi connectivity index (χ2v) is 7.56. The van der Waals surface area contributed by atoms with E-state index in [2.05, 4.69) is 11.8 Å². The zero-order valence-electron chi connectivity index (χ0n) is 19.4. The Kier molecular flexibility index (Phi) is 7.00. The molecule has 5 heteroatoms. The van der Waals surface area contributed by atoms with Crippen molar-refractivity contribution in [2.75, 3.05) is 26.2 Å². The molecule has 0 aliphatic carbocycles. The molecule has 0 bridgehead atoms. The number of methoxy groups -OCH3 is 3. The van der Waals surface area contributed by atoms with E-state index in [-0.39, 0.29) is 5.91 Å². The molecule has 4 aromatic rings. The first-order valence-electron chi connectivity index (χ1n) is 10.8. The molecule has 0 radical (unpaired) electrons. The maximum absolute atomic E-state index is 13.5. The summed E-state index contributed by atoms with van der Waals surface area (Å²) in [5.74, 6) is 7.38. The van der Waals surface area contributed by atoms with Gasteiger partial charge in [0, 0.05) is 17.4 Å². The minimum absolute atomic E-state index is 0.293. The van der Waals surface area contributed by atoms with E-state index in [4.69, 9.17) is 14.2 Å². The number of nitrogens with zero attached hydrogens (tertiary/aromatic N) is 1. The van der Waals surface area contributed by atoms with Crippen molar-refractivity contribution in [3.8, 4) is 29.1 Å². The van der Waals surface area contributed by atoms with Gasteiger partial charge in [0.2, 0.25) is 0 Å². The van der Waals surface area contributed by atoms with Crippen LogP contribution in [0.1, 0.15) is 11.1 Å². The van der Waals surface area contributed by atoms with Crippen molar-refractivity contribution in [2.45, 2.75) is 6.54 Å². The van der Waals surface area contributed by atoms with E-state index in [0.717, 1.165) is 22.0 Å². The Morgan fingerprint density at radius 1 is 0.794 bits per heavy atom. The predicted molar refractivity (Wildman–Crippen MR) is 135 cm³/mol. The van der Waals surface area contributed by atoms with Crippen molar-refractivity contribution in [1.82, 2.24) is 0 Å². The Hall–Kier alpha value is -4.43. The molecule has 170 valence electrons. The fourth-order valence-corrected chi connectivity index (χ4v) is 3.79. The van der Waals surface area contributed by atoms with Crippen LogP contribution in [0.25, 0.3) is 10.8 Å². The SMILES string of the molecule is COc1cc(CN(C(=O)C#Cc2ccccc2OC)c2cccc3ccccc23)cc(OC)c1. The zero-order chi connectivity index (χ0) is 23.9. The van der Waals surface area contributed by atoms with E-state index in [1.54, 1.807) is 32.3 Å². The Labute approximate surface area is 199 Å². The third-order valence-electron chi connectivity index (χ3n) is 5.47. The van der Waals surface area contributed by atoms with Gasteiger partial charge in [0.05, 0.1) is 39.1 Å². The molecule has 4 aromatic carbocycles. The quantitative estimate of drug-likeness (QED) is 0.366. The minimum atomic E-state index is -0.330. The lowest BCUT2D eigenvalue weighted by Gasteiger charge is -2.23.